The van der Waals surface area contributed by atoms with Gasteiger partial charge in [0.1, 0.15) is 0 Å². The van der Waals surface area contributed by atoms with Crippen molar-refractivity contribution in [1.82, 2.24) is 14.8 Å². The molecule has 7 nitrogen and oxygen atoms in total. The van der Waals surface area contributed by atoms with Gasteiger partial charge in [0.05, 0.1) is 23.6 Å². The van der Waals surface area contributed by atoms with Crippen molar-refractivity contribution < 1.29 is 9.21 Å². The number of hydrogen-bond donors (Lipinski definition) is 1. The zero-order valence-corrected chi connectivity index (χ0v) is 15.9. The van der Waals surface area contributed by atoms with Gasteiger partial charge in [0.2, 0.25) is 5.91 Å². The predicted octanol–water partition coefficient (Wildman–Crippen LogP) is 3.80. The van der Waals surface area contributed by atoms with E-state index in [9.17, 15) is 4.79 Å². The second-order valence-electron chi connectivity index (χ2n) is 6.31. The van der Waals surface area contributed by atoms with Crippen molar-refractivity contribution in [2.45, 2.75) is 25.5 Å². The van der Waals surface area contributed by atoms with Crippen molar-refractivity contribution in [2.75, 3.05) is 11.1 Å². The molecule has 0 saturated heterocycles. The highest BCUT2D eigenvalue weighted by Crippen LogP contribution is 2.25. The van der Waals surface area contributed by atoms with Crippen LogP contribution in [0.3, 0.4) is 0 Å². The van der Waals surface area contributed by atoms with Crippen molar-refractivity contribution in [3.05, 3.63) is 48.2 Å². The lowest BCUT2D eigenvalue weighted by molar-refractivity contribution is -0.113. The summed E-state index contributed by atoms with van der Waals surface area (Å²) in [5.74, 6) is 1.75. The lowest BCUT2D eigenvalue weighted by Crippen LogP contribution is -2.15. The average Bonchev–Trinajstić information content (AvgIpc) is 3.30. The van der Waals surface area contributed by atoms with E-state index in [1.165, 1.54) is 11.8 Å². The maximum absolute atomic E-state index is 12.2. The highest BCUT2D eigenvalue weighted by atomic mass is 32.2. The second-order valence-corrected chi connectivity index (χ2v) is 7.26. The zero-order valence-electron chi connectivity index (χ0n) is 15.0. The highest BCUT2D eigenvalue weighted by Gasteiger charge is 2.18. The third-order valence-corrected chi connectivity index (χ3v) is 4.60. The number of amides is 1. The third kappa shape index (κ3) is 4.77. The average molecular weight is 381 g/mol. The molecule has 2 aromatic heterocycles. The number of nitriles is 1. The van der Waals surface area contributed by atoms with Crippen LogP contribution in [0.4, 0.5) is 5.69 Å². The third-order valence-electron chi connectivity index (χ3n) is 3.64. The first-order valence-corrected chi connectivity index (χ1v) is 9.45. The van der Waals surface area contributed by atoms with Crippen LogP contribution in [-0.2, 0) is 11.3 Å². The van der Waals surface area contributed by atoms with Crippen LogP contribution >= 0.6 is 11.8 Å². The van der Waals surface area contributed by atoms with Gasteiger partial charge in [0, 0.05) is 12.2 Å². The molecule has 1 aromatic carbocycles. The summed E-state index contributed by atoms with van der Waals surface area (Å²) in [6.07, 6.45) is 1.60. The number of carbonyl (C=O) groups excluding carboxylic acids is 1. The minimum atomic E-state index is -0.150. The summed E-state index contributed by atoms with van der Waals surface area (Å²) in [5.41, 5.74) is 1.20. The number of nitrogens with one attached hydrogen (secondary N) is 1. The van der Waals surface area contributed by atoms with Gasteiger partial charge in [-0.2, -0.15) is 5.26 Å². The number of aromatic nitrogens is 3. The fraction of sp³-hybridized carbons (Fsp3) is 0.263. The molecule has 0 saturated carbocycles. The molecule has 0 atom stereocenters. The molecule has 0 unspecified atom stereocenters. The highest BCUT2D eigenvalue weighted by molar-refractivity contribution is 7.99. The van der Waals surface area contributed by atoms with Crippen LogP contribution in [0.25, 0.3) is 11.6 Å². The monoisotopic (exact) mass is 381 g/mol. The molecule has 3 aromatic rings. The van der Waals surface area contributed by atoms with Crippen molar-refractivity contribution in [3.63, 3.8) is 0 Å². The molecular formula is C19H19N5O2S. The molecular weight excluding hydrogens is 362 g/mol. The number of rotatable bonds is 7. The van der Waals surface area contributed by atoms with Gasteiger partial charge >= 0.3 is 0 Å². The maximum atomic E-state index is 12.2. The molecule has 1 amide bonds. The number of carbonyl (C=O) groups is 1. The lowest BCUT2D eigenvalue weighted by atomic mass is 10.2. The van der Waals surface area contributed by atoms with Crippen LogP contribution in [-0.4, -0.2) is 26.4 Å². The van der Waals surface area contributed by atoms with Crippen LogP contribution in [0.15, 0.2) is 52.2 Å². The van der Waals surface area contributed by atoms with Gasteiger partial charge in [-0.15, -0.1) is 10.2 Å². The van der Waals surface area contributed by atoms with Crippen molar-refractivity contribution in [3.8, 4) is 17.7 Å². The first kappa shape index (κ1) is 18.7. The maximum Gasteiger partial charge on any atom is 0.234 e. The Morgan fingerprint density at radius 1 is 1.30 bits per heavy atom. The Hall–Kier alpha value is -3.05. The second kappa shape index (κ2) is 8.56. The Balaban J connectivity index is 1.67. The van der Waals surface area contributed by atoms with Crippen LogP contribution in [0.5, 0.6) is 0 Å². The Labute approximate surface area is 161 Å². The van der Waals surface area contributed by atoms with E-state index >= 15 is 0 Å². The molecule has 0 fully saturated rings. The molecule has 1 N–H and O–H groups in total. The molecule has 0 bridgehead atoms. The van der Waals surface area contributed by atoms with Gasteiger partial charge in [-0.05, 0) is 42.3 Å². The molecule has 0 aliphatic rings. The fourth-order valence-corrected chi connectivity index (χ4v) is 3.22. The van der Waals surface area contributed by atoms with Gasteiger partial charge in [-0.1, -0.05) is 25.6 Å². The van der Waals surface area contributed by atoms with Gasteiger partial charge in [0.15, 0.2) is 16.7 Å². The van der Waals surface area contributed by atoms with E-state index in [1.807, 2.05) is 22.8 Å². The summed E-state index contributed by atoms with van der Waals surface area (Å²) in [4.78, 5) is 12.2. The number of benzene rings is 1. The predicted molar refractivity (Wildman–Crippen MR) is 103 cm³/mol. The van der Waals surface area contributed by atoms with Crippen molar-refractivity contribution >= 4 is 23.4 Å². The molecule has 0 aliphatic carbocycles. The van der Waals surface area contributed by atoms with E-state index in [1.54, 1.807) is 30.5 Å². The minimum absolute atomic E-state index is 0.150. The largest absolute Gasteiger partial charge is 0.461 e. The molecule has 0 aliphatic heterocycles. The van der Waals surface area contributed by atoms with Gasteiger partial charge in [0.25, 0.3) is 0 Å². The summed E-state index contributed by atoms with van der Waals surface area (Å²) in [6.45, 7) is 4.94. The van der Waals surface area contributed by atoms with Crippen LogP contribution in [0, 0.1) is 17.2 Å². The lowest BCUT2D eigenvalue weighted by Gasteiger charge is -2.11. The molecule has 8 heteroatoms. The van der Waals surface area contributed by atoms with Crippen LogP contribution < -0.4 is 5.32 Å². The Morgan fingerprint density at radius 2 is 2.07 bits per heavy atom. The zero-order chi connectivity index (χ0) is 19.2. The number of hydrogen-bond acceptors (Lipinski definition) is 6. The molecule has 3 rings (SSSR count). The van der Waals surface area contributed by atoms with Gasteiger partial charge in [-0.25, -0.2) is 0 Å². The summed E-state index contributed by atoms with van der Waals surface area (Å²) in [7, 11) is 0. The molecule has 0 radical (unpaired) electrons. The normalized spacial score (nSPS) is 10.7. The van der Waals surface area contributed by atoms with E-state index in [4.69, 9.17) is 9.68 Å². The quantitative estimate of drug-likeness (QED) is 0.625. The molecule has 138 valence electrons. The topological polar surface area (TPSA) is 96.7 Å². The van der Waals surface area contributed by atoms with E-state index in [0.717, 1.165) is 6.54 Å². The van der Waals surface area contributed by atoms with E-state index in [2.05, 4.69) is 29.4 Å². The van der Waals surface area contributed by atoms with E-state index in [0.29, 0.717) is 33.9 Å². The first-order valence-electron chi connectivity index (χ1n) is 8.46. The Kier molecular flexibility index (Phi) is 5.94. The van der Waals surface area contributed by atoms with Gasteiger partial charge in [-0.3, -0.25) is 9.36 Å². The number of furan rings is 1. The summed E-state index contributed by atoms with van der Waals surface area (Å²) >= 11 is 1.33. The van der Waals surface area contributed by atoms with Crippen LogP contribution in [0.2, 0.25) is 0 Å². The summed E-state index contributed by atoms with van der Waals surface area (Å²) < 4.78 is 7.42. The standard InChI is InChI=1S/C19H19N5O2S/c1-13(2)11-24-18(16-4-3-9-26-16)22-23-19(24)27-12-17(25)21-15-7-5-14(10-20)6-8-15/h3-9,13H,11-12H2,1-2H3,(H,21,25). The van der Waals surface area contributed by atoms with E-state index < -0.39 is 0 Å². The van der Waals surface area contributed by atoms with Crippen LogP contribution in [0.1, 0.15) is 19.4 Å². The molecule has 2 heterocycles. The Morgan fingerprint density at radius 3 is 2.70 bits per heavy atom. The first-order chi connectivity index (χ1) is 13.1. The SMILES string of the molecule is CC(C)Cn1c(SCC(=O)Nc2ccc(C#N)cc2)nnc1-c1ccco1. The molecule has 0 spiro atoms. The smallest absolute Gasteiger partial charge is 0.234 e. The Bertz CT molecular complexity index is 940. The molecule has 27 heavy (non-hydrogen) atoms. The fourth-order valence-electron chi connectivity index (χ4n) is 2.47. The minimum Gasteiger partial charge on any atom is -0.461 e. The van der Waals surface area contributed by atoms with Gasteiger partial charge < -0.3 is 9.73 Å². The van der Waals surface area contributed by atoms with Crippen molar-refractivity contribution in [2.24, 2.45) is 5.92 Å². The summed E-state index contributed by atoms with van der Waals surface area (Å²) in [5, 5.41) is 20.8. The summed E-state index contributed by atoms with van der Waals surface area (Å²) in [6, 6.07) is 12.4. The van der Waals surface area contributed by atoms with E-state index in [-0.39, 0.29) is 11.7 Å². The number of nitrogens with zero attached hydrogens (tertiary/aromatic N) is 4. The number of anilines is 1. The van der Waals surface area contributed by atoms with Crippen molar-refractivity contribution in [1.29, 1.82) is 5.26 Å². The number of thioether (sulfide) groups is 1.